The van der Waals surface area contributed by atoms with Gasteiger partial charge in [-0.3, -0.25) is 9.59 Å². The summed E-state index contributed by atoms with van der Waals surface area (Å²) in [5.74, 6) is 0.178. The molecule has 0 aliphatic rings. The van der Waals surface area contributed by atoms with Gasteiger partial charge >= 0.3 is 0 Å². The first-order valence-corrected chi connectivity index (χ1v) is 14.8. The first kappa shape index (κ1) is 44.0. The van der Waals surface area contributed by atoms with Gasteiger partial charge in [-0.05, 0) is 39.5 Å². The number of nitrogens with zero attached hydrogens (tertiary/aromatic N) is 1. The van der Waals surface area contributed by atoms with Gasteiger partial charge in [-0.25, -0.2) is 0 Å². The van der Waals surface area contributed by atoms with Gasteiger partial charge in [-0.15, -0.1) is 0 Å². The largest absolute Gasteiger partial charge is 0.380 e. The Bertz CT molecular complexity index is 587. The van der Waals surface area contributed by atoms with Crippen LogP contribution in [0.25, 0.3) is 0 Å². The first-order chi connectivity index (χ1) is 17.4. The number of Topliss-reactive ketones (excluding diaryl/α,β-unsaturated/α-hetero) is 1. The number of rotatable bonds is 17. The Kier molecular flexibility index (Phi) is 26.4. The van der Waals surface area contributed by atoms with Gasteiger partial charge in [0.15, 0.2) is 0 Å². The third kappa shape index (κ3) is 25.3. The number of nitrogens with two attached hydrogens (primary N) is 1. The van der Waals surface area contributed by atoms with E-state index in [9.17, 15) is 9.59 Å². The average molecular weight is 549 g/mol. The van der Waals surface area contributed by atoms with Crippen molar-refractivity contribution in [1.82, 2.24) is 4.90 Å². The summed E-state index contributed by atoms with van der Waals surface area (Å²) in [7, 11) is 1.78. The Morgan fingerprint density at radius 2 is 1.24 bits per heavy atom. The van der Waals surface area contributed by atoms with E-state index in [-0.39, 0.29) is 34.5 Å². The van der Waals surface area contributed by atoms with Crippen LogP contribution in [0.15, 0.2) is 0 Å². The van der Waals surface area contributed by atoms with Gasteiger partial charge in [0.05, 0.1) is 31.8 Å². The Balaban J connectivity index is -0.000000892. The van der Waals surface area contributed by atoms with Crippen molar-refractivity contribution in [3.05, 3.63) is 0 Å². The number of carbonyl (C=O) groups excluding carboxylic acids is 2. The van der Waals surface area contributed by atoms with Crippen LogP contribution in [-0.2, 0) is 23.8 Å². The fraction of sp³-hybridized carbons (Fsp3) is 0.935. The number of ketones is 1. The van der Waals surface area contributed by atoms with Crippen LogP contribution in [0.2, 0.25) is 0 Å². The third-order valence-electron chi connectivity index (χ3n) is 5.32. The molecule has 0 aromatic carbocycles. The number of hydrogen-bond acceptors (Lipinski definition) is 6. The van der Waals surface area contributed by atoms with E-state index < -0.39 is 5.72 Å². The van der Waals surface area contributed by atoms with Crippen molar-refractivity contribution in [3.63, 3.8) is 0 Å². The van der Waals surface area contributed by atoms with Gasteiger partial charge in [0.25, 0.3) is 0 Å². The second kappa shape index (κ2) is 22.8. The molecule has 1 unspecified atom stereocenters. The van der Waals surface area contributed by atoms with E-state index in [2.05, 4.69) is 13.8 Å². The maximum absolute atomic E-state index is 12.7. The summed E-state index contributed by atoms with van der Waals surface area (Å²) < 4.78 is 17.4. The van der Waals surface area contributed by atoms with E-state index >= 15 is 0 Å². The SMILES string of the molecule is CC.CC.CC.CCOC(C)(C)CCOC(C)(N)CC(=O)N(C)CC(C)(C)COCC(C)(C)CC(=O)CC. The van der Waals surface area contributed by atoms with Crippen molar-refractivity contribution in [2.75, 3.05) is 40.0 Å². The summed E-state index contributed by atoms with van der Waals surface area (Å²) >= 11 is 0. The quantitative estimate of drug-likeness (QED) is 0.193. The lowest BCUT2D eigenvalue weighted by Crippen LogP contribution is -2.47. The van der Waals surface area contributed by atoms with Crippen LogP contribution < -0.4 is 5.73 Å². The van der Waals surface area contributed by atoms with Crippen molar-refractivity contribution in [2.24, 2.45) is 16.6 Å². The van der Waals surface area contributed by atoms with E-state index in [0.717, 1.165) is 0 Å². The molecule has 232 valence electrons. The van der Waals surface area contributed by atoms with Crippen molar-refractivity contribution in [1.29, 1.82) is 0 Å². The first-order valence-electron chi connectivity index (χ1n) is 14.8. The molecule has 38 heavy (non-hydrogen) atoms. The molecular weight excluding hydrogens is 480 g/mol. The molecule has 7 heteroatoms. The summed E-state index contributed by atoms with van der Waals surface area (Å²) in [5, 5.41) is 0. The minimum Gasteiger partial charge on any atom is -0.380 e. The molecule has 2 N–H and O–H groups in total. The molecule has 0 aromatic heterocycles. The van der Waals surface area contributed by atoms with Crippen molar-refractivity contribution in [2.45, 2.75) is 141 Å². The summed E-state index contributed by atoms with van der Waals surface area (Å²) in [6, 6.07) is 0. The van der Waals surface area contributed by atoms with E-state index in [1.165, 1.54) is 0 Å². The number of amides is 1. The second-order valence-electron chi connectivity index (χ2n) is 11.4. The zero-order chi connectivity index (χ0) is 31.2. The topological polar surface area (TPSA) is 91.1 Å². The minimum absolute atomic E-state index is 0.0685. The number of ether oxygens (including phenoxy) is 3. The maximum Gasteiger partial charge on any atom is 0.226 e. The zero-order valence-corrected chi connectivity index (χ0v) is 28.4. The highest BCUT2D eigenvalue weighted by molar-refractivity contribution is 5.78. The lowest BCUT2D eigenvalue weighted by Gasteiger charge is -2.34. The molecule has 0 saturated carbocycles. The summed E-state index contributed by atoms with van der Waals surface area (Å²) in [4.78, 5) is 26.2. The highest BCUT2D eigenvalue weighted by atomic mass is 16.5. The fourth-order valence-electron chi connectivity index (χ4n) is 3.57. The van der Waals surface area contributed by atoms with Gasteiger partial charge in [-0.2, -0.15) is 0 Å². The molecule has 0 aromatic rings. The normalized spacial score (nSPS) is 13.0. The number of carbonyl (C=O) groups is 2. The van der Waals surface area contributed by atoms with Crippen LogP contribution in [0.5, 0.6) is 0 Å². The molecule has 0 bridgehead atoms. The van der Waals surface area contributed by atoms with Crippen LogP contribution in [0.1, 0.15) is 130 Å². The Labute approximate surface area is 237 Å². The highest BCUT2D eigenvalue weighted by Crippen LogP contribution is 2.25. The maximum atomic E-state index is 12.7. The predicted octanol–water partition coefficient (Wildman–Crippen LogP) is 7.25. The van der Waals surface area contributed by atoms with Crippen molar-refractivity contribution in [3.8, 4) is 0 Å². The minimum atomic E-state index is -1.04. The Morgan fingerprint density at radius 1 is 0.763 bits per heavy atom. The van der Waals surface area contributed by atoms with Gasteiger partial charge in [0.2, 0.25) is 5.91 Å². The molecule has 0 heterocycles. The van der Waals surface area contributed by atoms with Crippen LogP contribution in [-0.4, -0.2) is 67.9 Å². The molecule has 7 nitrogen and oxygen atoms in total. The molecule has 1 atom stereocenters. The Morgan fingerprint density at radius 3 is 1.68 bits per heavy atom. The summed E-state index contributed by atoms with van der Waals surface area (Å²) in [6.45, 7) is 32.4. The van der Waals surface area contributed by atoms with E-state index in [0.29, 0.717) is 52.2 Å². The monoisotopic (exact) mass is 549 g/mol. The number of hydrogen-bond donors (Lipinski definition) is 1. The lowest BCUT2D eigenvalue weighted by molar-refractivity contribution is -0.140. The predicted molar refractivity (Wildman–Crippen MR) is 163 cm³/mol. The smallest absolute Gasteiger partial charge is 0.226 e. The average Bonchev–Trinajstić information content (AvgIpc) is 2.81. The fourth-order valence-corrected chi connectivity index (χ4v) is 3.57. The molecule has 0 fully saturated rings. The molecule has 0 radical (unpaired) electrons. The van der Waals surface area contributed by atoms with Gasteiger partial charge in [-0.1, -0.05) is 76.2 Å². The second-order valence-corrected chi connectivity index (χ2v) is 11.4. The molecular formula is C31H68N2O5. The highest BCUT2D eigenvalue weighted by Gasteiger charge is 2.30. The zero-order valence-electron chi connectivity index (χ0n) is 28.4. The van der Waals surface area contributed by atoms with Gasteiger partial charge < -0.3 is 24.8 Å². The third-order valence-corrected chi connectivity index (χ3v) is 5.32. The molecule has 0 saturated heterocycles. The van der Waals surface area contributed by atoms with Crippen LogP contribution in [0.4, 0.5) is 0 Å². The van der Waals surface area contributed by atoms with Crippen molar-refractivity contribution < 1.29 is 23.8 Å². The van der Waals surface area contributed by atoms with Gasteiger partial charge in [0.1, 0.15) is 11.5 Å². The van der Waals surface area contributed by atoms with Crippen molar-refractivity contribution >= 4 is 11.7 Å². The van der Waals surface area contributed by atoms with Crippen LogP contribution in [0.3, 0.4) is 0 Å². The van der Waals surface area contributed by atoms with E-state index in [4.69, 9.17) is 19.9 Å². The Hall–Kier alpha value is -1.02. The summed E-state index contributed by atoms with van der Waals surface area (Å²) in [5.41, 5.74) is 4.49. The van der Waals surface area contributed by atoms with Gasteiger partial charge in [0, 0.05) is 38.5 Å². The van der Waals surface area contributed by atoms with E-state index in [1.54, 1.807) is 18.9 Å². The molecule has 0 spiro atoms. The van der Waals surface area contributed by atoms with Crippen LogP contribution in [0, 0.1) is 10.8 Å². The lowest BCUT2D eigenvalue weighted by atomic mass is 9.87. The van der Waals surface area contributed by atoms with Crippen LogP contribution >= 0.6 is 0 Å². The summed E-state index contributed by atoms with van der Waals surface area (Å²) in [6.07, 6.45) is 1.86. The standard InChI is InChI=1S/C25H50N2O5.3C2H6/c1-11-20(28)15-22(3,4)18-30-19-23(5,6)17-27(10)21(29)16-25(9,26)32-14-13-24(7,8)31-12-2;3*1-2/h11-19,26H2,1-10H3;3*1-2H3. The molecule has 1 amide bonds. The molecule has 0 aliphatic heterocycles. The molecule has 0 aliphatic carbocycles. The molecule has 0 rings (SSSR count). The van der Waals surface area contributed by atoms with E-state index in [1.807, 2.05) is 83.1 Å².